The van der Waals surface area contributed by atoms with Crippen molar-refractivity contribution in [2.24, 2.45) is 0 Å². The number of carbonyl (C=O) groups is 5. The fourth-order valence-corrected chi connectivity index (χ4v) is 4.17. The molecule has 1 aromatic rings. The lowest BCUT2D eigenvalue weighted by atomic mass is 10.0. The third-order valence-corrected chi connectivity index (χ3v) is 5.66. The van der Waals surface area contributed by atoms with Gasteiger partial charge in [-0.1, -0.05) is 6.07 Å². The van der Waals surface area contributed by atoms with Crippen molar-refractivity contribution in [3.8, 4) is 0 Å². The van der Waals surface area contributed by atoms with Gasteiger partial charge in [-0.25, -0.2) is 0 Å². The smallest absolute Gasteiger partial charge is 0.263 e. The molecule has 2 aliphatic rings. The monoisotopic (exact) mass is 389 g/mol. The second-order valence-corrected chi connectivity index (χ2v) is 7.39. The summed E-state index contributed by atoms with van der Waals surface area (Å²) in [6.45, 7) is 0. The van der Waals surface area contributed by atoms with Crippen LogP contribution in [0.1, 0.15) is 46.4 Å². The average molecular weight is 389 g/mol. The number of imide groups is 2. The summed E-state index contributed by atoms with van der Waals surface area (Å²) in [5, 5.41) is 4.73. The van der Waals surface area contributed by atoms with Crippen LogP contribution in [0.5, 0.6) is 0 Å². The highest BCUT2D eigenvalue weighted by Gasteiger charge is 2.45. The fourth-order valence-electron chi connectivity index (χ4n) is 3.14. The standard InChI is InChI=1S/C18H19N3O5S/c1-19-13(22)6-3-9-27-12-5-2-4-10-15(12)18(26)21(17(10)25)11-7-8-14(23)20-16(11)24/h2,4-5,11H,3,6-9H2,1H3,(H,19,22)(H,20,23,24). The number of rotatable bonds is 6. The lowest BCUT2D eigenvalue weighted by Crippen LogP contribution is -2.54. The van der Waals surface area contributed by atoms with E-state index >= 15 is 0 Å². The zero-order chi connectivity index (χ0) is 19.6. The molecular formula is C18H19N3O5S. The van der Waals surface area contributed by atoms with Crippen molar-refractivity contribution in [2.75, 3.05) is 12.8 Å². The highest BCUT2D eigenvalue weighted by molar-refractivity contribution is 7.99. The molecule has 1 unspecified atom stereocenters. The van der Waals surface area contributed by atoms with Gasteiger partial charge in [-0.15, -0.1) is 11.8 Å². The number of nitrogens with one attached hydrogen (secondary N) is 2. The van der Waals surface area contributed by atoms with Crippen LogP contribution >= 0.6 is 11.8 Å². The van der Waals surface area contributed by atoms with Crippen molar-refractivity contribution in [1.29, 1.82) is 0 Å². The predicted octanol–water partition coefficient (Wildman–Crippen LogP) is 0.706. The highest BCUT2D eigenvalue weighted by Crippen LogP contribution is 2.34. The molecule has 142 valence electrons. The number of carbonyl (C=O) groups excluding carboxylic acids is 5. The lowest BCUT2D eigenvalue weighted by molar-refractivity contribution is -0.136. The van der Waals surface area contributed by atoms with E-state index in [1.54, 1.807) is 25.2 Å². The fraction of sp³-hybridized carbons (Fsp3) is 0.389. The minimum atomic E-state index is -0.971. The Labute approximate surface area is 160 Å². The molecule has 5 amide bonds. The Morgan fingerprint density at radius 1 is 1.26 bits per heavy atom. The molecule has 1 saturated heterocycles. The average Bonchev–Trinajstić information content (AvgIpc) is 2.90. The van der Waals surface area contributed by atoms with Crippen LogP contribution in [0.4, 0.5) is 0 Å². The van der Waals surface area contributed by atoms with Gasteiger partial charge >= 0.3 is 0 Å². The second kappa shape index (κ2) is 7.91. The molecule has 8 nitrogen and oxygen atoms in total. The van der Waals surface area contributed by atoms with E-state index < -0.39 is 29.7 Å². The Kier molecular flexibility index (Phi) is 5.59. The molecule has 2 N–H and O–H groups in total. The quantitative estimate of drug-likeness (QED) is 0.421. The summed E-state index contributed by atoms with van der Waals surface area (Å²) >= 11 is 1.40. The number of fused-ring (bicyclic) bond motifs is 1. The van der Waals surface area contributed by atoms with E-state index in [4.69, 9.17) is 0 Å². The maximum absolute atomic E-state index is 12.9. The largest absolute Gasteiger partial charge is 0.359 e. The van der Waals surface area contributed by atoms with Crippen molar-refractivity contribution in [2.45, 2.75) is 36.6 Å². The third kappa shape index (κ3) is 3.73. The first-order valence-corrected chi connectivity index (χ1v) is 9.60. The van der Waals surface area contributed by atoms with Gasteiger partial charge in [0.05, 0.1) is 11.1 Å². The van der Waals surface area contributed by atoms with Crippen LogP contribution in [0.15, 0.2) is 23.1 Å². The van der Waals surface area contributed by atoms with Gasteiger partial charge in [-0.3, -0.25) is 34.2 Å². The van der Waals surface area contributed by atoms with Gasteiger partial charge in [0.15, 0.2) is 0 Å². The molecule has 0 bridgehead atoms. The zero-order valence-electron chi connectivity index (χ0n) is 14.7. The van der Waals surface area contributed by atoms with E-state index in [2.05, 4.69) is 10.6 Å². The summed E-state index contributed by atoms with van der Waals surface area (Å²) in [6, 6.07) is 4.04. The van der Waals surface area contributed by atoms with Crippen molar-refractivity contribution in [1.82, 2.24) is 15.5 Å². The minimum Gasteiger partial charge on any atom is -0.359 e. The van der Waals surface area contributed by atoms with Crippen molar-refractivity contribution in [3.05, 3.63) is 29.3 Å². The van der Waals surface area contributed by atoms with E-state index in [1.165, 1.54) is 11.8 Å². The number of benzene rings is 1. The minimum absolute atomic E-state index is 0.0517. The Morgan fingerprint density at radius 3 is 2.74 bits per heavy atom. The zero-order valence-corrected chi connectivity index (χ0v) is 15.6. The van der Waals surface area contributed by atoms with E-state index in [9.17, 15) is 24.0 Å². The van der Waals surface area contributed by atoms with Gasteiger partial charge in [-0.05, 0) is 30.7 Å². The Bertz CT molecular complexity index is 838. The van der Waals surface area contributed by atoms with Crippen LogP contribution in [0.3, 0.4) is 0 Å². The number of hydrogen-bond acceptors (Lipinski definition) is 6. The molecule has 1 fully saturated rings. The number of amides is 5. The van der Waals surface area contributed by atoms with E-state index in [0.29, 0.717) is 23.5 Å². The summed E-state index contributed by atoms with van der Waals surface area (Å²) in [5.74, 6) is -1.50. The molecule has 1 atom stereocenters. The molecule has 9 heteroatoms. The molecular weight excluding hydrogens is 370 g/mol. The Morgan fingerprint density at radius 2 is 2.04 bits per heavy atom. The Balaban J connectivity index is 1.77. The normalized spacial score (nSPS) is 19.1. The van der Waals surface area contributed by atoms with Gasteiger partial charge in [0, 0.05) is 24.8 Å². The summed E-state index contributed by atoms with van der Waals surface area (Å²) in [5.41, 5.74) is 0.554. The van der Waals surface area contributed by atoms with Gasteiger partial charge in [0.1, 0.15) is 6.04 Å². The molecule has 0 spiro atoms. The number of piperidine rings is 1. The maximum Gasteiger partial charge on any atom is 0.263 e. The summed E-state index contributed by atoms with van der Waals surface area (Å²) in [4.78, 5) is 62.0. The van der Waals surface area contributed by atoms with Gasteiger partial charge < -0.3 is 5.32 Å². The maximum atomic E-state index is 12.9. The number of hydrogen-bond donors (Lipinski definition) is 2. The van der Waals surface area contributed by atoms with Gasteiger partial charge in [0.25, 0.3) is 11.8 Å². The van der Waals surface area contributed by atoms with Crippen LogP contribution < -0.4 is 10.6 Å². The summed E-state index contributed by atoms with van der Waals surface area (Å²) in [6.07, 6.45) is 1.23. The first kappa shape index (κ1) is 19.1. The SMILES string of the molecule is CNC(=O)CCCSc1cccc2c1C(=O)N(C1CCC(=O)NC1=O)C2=O. The lowest BCUT2D eigenvalue weighted by Gasteiger charge is -2.27. The van der Waals surface area contributed by atoms with Gasteiger partial charge in [0.2, 0.25) is 17.7 Å². The van der Waals surface area contributed by atoms with Crippen LogP contribution in [-0.2, 0) is 14.4 Å². The molecule has 2 aliphatic heterocycles. The number of nitrogens with zero attached hydrogens (tertiary/aromatic N) is 1. The summed E-state index contributed by atoms with van der Waals surface area (Å²) in [7, 11) is 1.58. The number of thioether (sulfide) groups is 1. The Hall–Kier alpha value is -2.68. The third-order valence-electron chi connectivity index (χ3n) is 4.51. The molecule has 0 radical (unpaired) electrons. The molecule has 2 heterocycles. The van der Waals surface area contributed by atoms with Crippen molar-refractivity contribution >= 4 is 41.3 Å². The molecule has 3 rings (SSSR count). The predicted molar refractivity (Wildman–Crippen MR) is 97.1 cm³/mol. The highest BCUT2D eigenvalue weighted by atomic mass is 32.2. The van der Waals surface area contributed by atoms with Crippen LogP contribution in [0.25, 0.3) is 0 Å². The first-order chi connectivity index (χ1) is 12.9. The second-order valence-electron chi connectivity index (χ2n) is 6.25. The van der Waals surface area contributed by atoms with Crippen LogP contribution in [-0.4, -0.2) is 53.3 Å². The van der Waals surface area contributed by atoms with Crippen LogP contribution in [0.2, 0.25) is 0 Å². The molecule has 27 heavy (non-hydrogen) atoms. The first-order valence-electron chi connectivity index (χ1n) is 8.62. The van der Waals surface area contributed by atoms with Gasteiger partial charge in [-0.2, -0.15) is 0 Å². The molecule has 0 aromatic heterocycles. The van der Waals surface area contributed by atoms with Crippen molar-refractivity contribution < 1.29 is 24.0 Å². The molecule has 1 aromatic carbocycles. The topological polar surface area (TPSA) is 113 Å². The van der Waals surface area contributed by atoms with E-state index in [-0.39, 0.29) is 29.9 Å². The summed E-state index contributed by atoms with van der Waals surface area (Å²) < 4.78 is 0. The van der Waals surface area contributed by atoms with E-state index in [1.807, 2.05) is 0 Å². The molecule has 0 aliphatic carbocycles. The van der Waals surface area contributed by atoms with Crippen LogP contribution in [0, 0.1) is 0 Å². The molecule has 0 saturated carbocycles. The van der Waals surface area contributed by atoms with Crippen molar-refractivity contribution in [3.63, 3.8) is 0 Å². The van der Waals surface area contributed by atoms with E-state index in [0.717, 1.165) is 4.90 Å².